The fourth-order valence-corrected chi connectivity index (χ4v) is 4.72. The normalized spacial score (nSPS) is 18.2. The first-order valence-corrected chi connectivity index (χ1v) is 11.7. The number of hydrogen-bond acceptors (Lipinski definition) is 6. The fraction of sp³-hybridized carbons (Fsp3) is 0.318. The second-order valence-corrected chi connectivity index (χ2v) is 9.91. The van der Waals surface area contributed by atoms with Crippen molar-refractivity contribution >= 4 is 33.6 Å². The van der Waals surface area contributed by atoms with Gasteiger partial charge in [-0.1, -0.05) is 19.1 Å². The van der Waals surface area contributed by atoms with E-state index in [2.05, 4.69) is 10.6 Å². The van der Waals surface area contributed by atoms with Gasteiger partial charge in [0.1, 0.15) is 28.5 Å². The summed E-state index contributed by atoms with van der Waals surface area (Å²) in [5, 5.41) is 5.12. The average molecular weight is 493 g/mol. The average Bonchev–Trinajstić information content (AvgIpc) is 3.04. The number of rotatable bonds is 8. The molecule has 0 saturated carbocycles. The minimum absolute atomic E-state index is 0.0906. The number of hydrogen-bond donors (Lipinski definition) is 2. The van der Waals surface area contributed by atoms with E-state index in [1.54, 1.807) is 6.92 Å². The van der Waals surface area contributed by atoms with E-state index in [0.29, 0.717) is 5.56 Å². The highest BCUT2D eigenvalue weighted by atomic mass is 32.2. The van der Waals surface area contributed by atoms with Gasteiger partial charge in [-0.3, -0.25) is 14.5 Å². The lowest BCUT2D eigenvalue weighted by atomic mass is 9.87. The Balaban J connectivity index is 1.82. The van der Waals surface area contributed by atoms with Crippen LogP contribution in [0.4, 0.5) is 14.9 Å². The summed E-state index contributed by atoms with van der Waals surface area (Å²) in [4.78, 5) is 39.0. The van der Waals surface area contributed by atoms with Crippen molar-refractivity contribution in [3.05, 3.63) is 53.8 Å². The summed E-state index contributed by atoms with van der Waals surface area (Å²) in [7, 11) is 0.171. The highest BCUT2D eigenvalue weighted by Gasteiger charge is 2.51. The van der Waals surface area contributed by atoms with Crippen molar-refractivity contribution in [2.45, 2.75) is 23.8 Å². The molecule has 10 nitrogen and oxygen atoms in total. The zero-order valence-electron chi connectivity index (χ0n) is 19.1. The molecule has 1 atom stereocenters. The van der Waals surface area contributed by atoms with Crippen LogP contribution < -0.4 is 15.4 Å². The molecule has 1 aliphatic heterocycles. The van der Waals surface area contributed by atoms with Crippen molar-refractivity contribution in [1.82, 2.24) is 14.5 Å². The molecule has 2 aromatic rings. The third-order valence-corrected chi connectivity index (χ3v) is 7.39. The number of carbonyl (C=O) groups is 3. The Labute approximate surface area is 196 Å². The zero-order valence-corrected chi connectivity index (χ0v) is 19.9. The topological polar surface area (TPSA) is 125 Å². The number of anilines is 1. The largest absolute Gasteiger partial charge is 0.495 e. The molecule has 0 aromatic heterocycles. The van der Waals surface area contributed by atoms with Crippen molar-refractivity contribution in [3.63, 3.8) is 0 Å². The molecule has 1 unspecified atom stereocenters. The molecule has 1 fully saturated rings. The Morgan fingerprint density at radius 1 is 1.18 bits per heavy atom. The predicted octanol–water partition coefficient (Wildman–Crippen LogP) is 1.88. The Bertz CT molecular complexity index is 1230. The summed E-state index contributed by atoms with van der Waals surface area (Å²) in [6.07, 6.45) is 0.186. The maximum Gasteiger partial charge on any atom is 0.325 e. The number of benzene rings is 2. The van der Waals surface area contributed by atoms with Crippen molar-refractivity contribution in [2.24, 2.45) is 0 Å². The maximum atomic E-state index is 13.3. The highest BCUT2D eigenvalue weighted by molar-refractivity contribution is 7.89. The van der Waals surface area contributed by atoms with Gasteiger partial charge in [0.05, 0.1) is 7.11 Å². The maximum absolute atomic E-state index is 13.3. The van der Waals surface area contributed by atoms with E-state index in [9.17, 15) is 27.2 Å². The SMILES string of the molecule is CCC1(c2ccc(F)cc2)NC(=O)N(CC(=O)Nc2ccc(OC)c(S(=O)(=O)N(C)C)c2)C1=O. The van der Waals surface area contributed by atoms with Gasteiger partial charge in [0.25, 0.3) is 5.91 Å². The van der Waals surface area contributed by atoms with Crippen LogP contribution in [-0.2, 0) is 25.2 Å². The number of ether oxygens (including phenoxy) is 1. The summed E-state index contributed by atoms with van der Waals surface area (Å²) in [5.74, 6) is -1.76. The van der Waals surface area contributed by atoms with Crippen molar-refractivity contribution in [3.8, 4) is 5.75 Å². The molecule has 182 valence electrons. The van der Waals surface area contributed by atoms with Crippen LogP contribution in [0, 0.1) is 5.82 Å². The monoisotopic (exact) mass is 492 g/mol. The molecule has 0 spiro atoms. The first-order chi connectivity index (χ1) is 16.0. The van der Waals surface area contributed by atoms with Crippen LogP contribution in [0.5, 0.6) is 5.75 Å². The van der Waals surface area contributed by atoms with Gasteiger partial charge in [0, 0.05) is 19.8 Å². The first kappa shape index (κ1) is 25.1. The standard InChI is InChI=1S/C22H25FN4O6S/c1-5-22(14-6-8-15(23)9-7-14)20(29)27(21(30)25-22)13-19(28)24-16-10-11-17(33-4)18(12-16)34(31,32)26(2)3/h6-12H,5,13H2,1-4H3,(H,24,28)(H,25,30). The van der Waals surface area contributed by atoms with E-state index >= 15 is 0 Å². The molecule has 1 heterocycles. The summed E-state index contributed by atoms with van der Waals surface area (Å²) in [6, 6.07) is 8.47. The van der Waals surface area contributed by atoms with Crippen LogP contribution in [-0.4, -0.2) is 63.2 Å². The van der Waals surface area contributed by atoms with E-state index < -0.39 is 45.8 Å². The second-order valence-electron chi connectivity index (χ2n) is 7.79. The van der Waals surface area contributed by atoms with Gasteiger partial charge in [0.2, 0.25) is 15.9 Å². The van der Waals surface area contributed by atoms with Crippen molar-refractivity contribution < 1.29 is 31.9 Å². The van der Waals surface area contributed by atoms with E-state index in [1.807, 2.05) is 0 Å². The molecule has 1 aliphatic rings. The Morgan fingerprint density at radius 3 is 2.38 bits per heavy atom. The lowest BCUT2D eigenvalue weighted by molar-refractivity contribution is -0.134. The summed E-state index contributed by atoms with van der Waals surface area (Å²) in [6.45, 7) is 1.09. The van der Waals surface area contributed by atoms with Crippen LogP contribution in [0.2, 0.25) is 0 Å². The number of nitrogens with zero attached hydrogens (tertiary/aromatic N) is 2. The number of halogens is 1. The number of carbonyl (C=O) groups excluding carboxylic acids is 3. The van der Waals surface area contributed by atoms with Crippen LogP contribution in [0.25, 0.3) is 0 Å². The predicted molar refractivity (Wildman–Crippen MR) is 121 cm³/mol. The van der Waals surface area contributed by atoms with Gasteiger partial charge in [-0.2, -0.15) is 0 Å². The van der Waals surface area contributed by atoms with Gasteiger partial charge in [-0.05, 0) is 42.3 Å². The molecular weight excluding hydrogens is 467 g/mol. The lowest BCUT2D eigenvalue weighted by Gasteiger charge is -2.25. The minimum Gasteiger partial charge on any atom is -0.495 e. The third-order valence-electron chi connectivity index (χ3n) is 5.55. The molecule has 4 amide bonds. The fourth-order valence-electron chi connectivity index (χ4n) is 3.64. The molecule has 12 heteroatoms. The first-order valence-electron chi connectivity index (χ1n) is 10.3. The molecular formula is C22H25FN4O6S. The highest BCUT2D eigenvalue weighted by Crippen LogP contribution is 2.33. The summed E-state index contributed by atoms with van der Waals surface area (Å²) < 4.78 is 44.6. The van der Waals surface area contributed by atoms with Gasteiger partial charge >= 0.3 is 6.03 Å². The lowest BCUT2D eigenvalue weighted by Crippen LogP contribution is -2.44. The van der Waals surface area contributed by atoms with Crippen LogP contribution >= 0.6 is 0 Å². The van der Waals surface area contributed by atoms with Gasteiger partial charge in [0.15, 0.2) is 0 Å². The molecule has 0 aliphatic carbocycles. The van der Waals surface area contributed by atoms with Crippen LogP contribution in [0.1, 0.15) is 18.9 Å². The van der Waals surface area contributed by atoms with Crippen LogP contribution in [0.15, 0.2) is 47.4 Å². The molecule has 34 heavy (non-hydrogen) atoms. The minimum atomic E-state index is -3.87. The van der Waals surface area contributed by atoms with E-state index in [0.717, 1.165) is 9.21 Å². The van der Waals surface area contributed by atoms with Crippen molar-refractivity contribution in [1.29, 1.82) is 0 Å². The second kappa shape index (κ2) is 9.39. The van der Waals surface area contributed by atoms with Crippen molar-refractivity contribution in [2.75, 3.05) is 33.1 Å². The number of nitrogens with one attached hydrogen (secondary N) is 2. The number of imide groups is 1. The Kier molecular flexibility index (Phi) is 6.94. The number of amides is 4. The molecule has 0 bridgehead atoms. The number of methoxy groups -OCH3 is 1. The smallest absolute Gasteiger partial charge is 0.325 e. The molecule has 3 rings (SSSR count). The van der Waals surface area contributed by atoms with E-state index in [1.165, 1.54) is 63.7 Å². The number of urea groups is 1. The van der Waals surface area contributed by atoms with Crippen LogP contribution in [0.3, 0.4) is 0 Å². The summed E-state index contributed by atoms with van der Waals surface area (Å²) in [5.41, 5.74) is -0.886. The van der Waals surface area contributed by atoms with Gasteiger partial charge in [-0.25, -0.2) is 21.9 Å². The quantitative estimate of drug-likeness (QED) is 0.542. The summed E-state index contributed by atoms with van der Waals surface area (Å²) >= 11 is 0. The van der Waals surface area contributed by atoms with E-state index in [4.69, 9.17) is 4.74 Å². The molecule has 1 saturated heterocycles. The third kappa shape index (κ3) is 4.46. The van der Waals surface area contributed by atoms with Gasteiger partial charge < -0.3 is 15.4 Å². The zero-order chi connectivity index (χ0) is 25.3. The van der Waals surface area contributed by atoms with Gasteiger partial charge in [-0.15, -0.1) is 0 Å². The number of sulfonamides is 1. The molecule has 0 radical (unpaired) electrons. The van der Waals surface area contributed by atoms with E-state index in [-0.39, 0.29) is 22.8 Å². The Morgan fingerprint density at radius 2 is 1.82 bits per heavy atom. The molecule has 2 N–H and O–H groups in total. The Hall–Kier alpha value is -3.51. The molecule has 2 aromatic carbocycles.